The number of anilines is 3. The Kier molecular flexibility index (Phi) is 7.50. The van der Waals surface area contributed by atoms with Gasteiger partial charge in [0.05, 0.1) is 0 Å². The normalized spacial score (nSPS) is 23.6. The molecule has 1 heterocycles. The molecule has 0 aliphatic heterocycles. The molecule has 0 amide bonds. The van der Waals surface area contributed by atoms with Crippen LogP contribution in [0.25, 0.3) is 43.8 Å². The lowest BCUT2D eigenvalue weighted by atomic mass is 9.42. The van der Waals surface area contributed by atoms with Crippen LogP contribution in [0.3, 0.4) is 0 Å². The third-order valence-electron chi connectivity index (χ3n) is 14.3. The van der Waals surface area contributed by atoms with Gasteiger partial charge < -0.3 is 9.32 Å². The number of benzene rings is 7. The van der Waals surface area contributed by atoms with E-state index >= 15 is 0 Å². The zero-order valence-electron chi connectivity index (χ0n) is 32.9. The largest absolute Gasteiger partial charge is 0.455 e. The van der Waals surface area contributed by atoms with Crippen molar-refractivity contribution < 1.29 is 4.42 Å². The van der Waals surface area contributed by atoms with Crippen molar-refractivity contribution in [2.45, 2.75) is 64.2 Å². The summed E-state index contributed by atoms with van der Waals surface area (Å²) in [6.07, 6.45) is 5.18. The molecule has 2 heteroatoms. The summed E-state index contributed by atoms with van der Waals surface area (Å²) in [6, 6.07) is 56.8. The van der Waals surface area contributed by atoms with Gasteiger partial charge in [-0.15, -0.1) is 0 Å². The van der Waals surface area contributed by atoms with Crippen LogP contribution in [0.5, 0.6) is 0 Å². The maximum absolute atomic E-state index is 6.57. The SMILES string of the molecule is CC1C[C@H]2CC(C)C[C@H](C1)C21c2ccccc2C(C)(C)c2ccc(N(c3cccc(-c4cccc5c4oc4ccccc45)c3)c3ccc4ccccc4c3)cc21. The van der Waals surface area contributed by atoms with E-state index in [4.69, 9.17) is 4.42 Å². The third kappa shape index (κ3) is 4.87. The number of hydrogen-bond donors (Lipinski definition) is 0. The van der Waals surface area contributed by atoms with Gasteiger partial charge in [-0.3, -0.25) is 0 Å². The van der Waals surface area contributed by atoms with E-state index in [0.29, 0.717) is 11.8 Å². The quantitative estimate of drug-likeness (QED) is 0.179. The zero-order chi connectivity index (χ0) is 37.8. The van der Waals surface area contributed by atoms with Gasteiger partial charge in [0.25, 0.3) is 0 Å². The van der Waals surface area contributed by atoms with Crippen LogP contribution < -0.4 is 4.90 Å². The van der Waals surface area contributed by atoms with Crippen molar-refractivity contribution in [1.82, 2.24) is 0 Å². The molecular formula is C54H49NO. The monoisotopic (exact) mass is 727 g/mol. The van der Waals surface area contributed by atoms with E-state index in [0.717, 1.165) is 50.6 Å². The van der Waals surface area contributed by atoms with Gasteiger partial charge in [0.1, 0.15) is 11.2 Å². The topological polar surface area (TPSA) is 16.4 Å². The molecule has 0 N–H and O–H groups in total. The molecule has 0 radical (unpaired) electrons. The molecule has 56 heavy (non-hydrogen) atoms. The van der Waals surface area contributed by atoms with Crippen LogP contribution in [-0.2, 0) is 10.8 Å². The van der Waals surface area contributed by atoms with E-state index in [2.05, 4.69) is 184 Å². The van der Waals surface area contributed by atoms with E-state index < -0.39 is 0 Å². The van der Waals surface area contributed by atoms with E-state index in [1.54, 1.807) is 11.1 Å². The van der Waals surface area contributed by atoms with Crippen molar-refractivity contribution in [3.05, 3.63) is 174 Å². The summed E-state index contributed by atoms with van der Waals surface area (Å²) in [7, 11) is 0. The highest BCUT2D eigenvalue weighted by Gasteiger charge is 2.59. The van der Waals surface area contributed by atoms with Crippen molar-refractivity contribution in [2.75, 3.05) is 4.90 Å². The molecule has 1 aromatic heterocycles. The molecule has 2 fully saturated rings. The lowest BCUT2D eigenvalue weighted by Crippen LogP contribution is -2.56. The predicted octanol–water partition coefficient (Wildman–Crippen LogP) is 14.9. The van der Waals surface area contributed by atoms with Crippen LogP contribution in [0.15, 0.2) is 156 Å². The minimum absolute atomic E-state index is 0.00428. The van der Waals surface area contributed by atoms with Crippen molar-refractivity contribution in [1.29, 1.82) is 0 Å². The molecule has 2 bridgehead atoms. The average Bonchev–Trinajstić information content (AvgIpc) is 3.59. The summed E-state index contributed by atoms with van der Waals surface area (Å²) < 4.78 is 6.57. The fourth-order valence-electron chi connectivity index (χ4n) is 12.1. The third-order valence-corrected chi connectivity index (χ3v) is 14.3. The van der Waals surface area contributed by atoms with Crippen molar-refractivity contribution in [2.24, 2.45) is 23.7 Å². The van der Waals surface area contributed by atoms with Gasteiger partial charge >= 0.3 is 0 Å². The highest BCUT2D eigenvalue weighted by atomic mass is 16.3. The van der Waals surface area contributed by atoms with Gasteiger partial charge in [0, 0.05) is 44.2 Å². The number of furan rings is 1. The van der Waals surface area contributed by atoms with Gasteiger partial charge in [0.2, 0.25) is 0 Å². The summed E-state index contributed by atoms with van der Waals surface area (Å²) in [5.74, 6) is 2.75. The minimum atomic E-state index is -0.0996. The Morgan fingerprint density at radius 1 is 0.500 bits per heavy atom. The Morgan fingerprint density at radius 3 is 1.91 bits per heavy atom. The summed E-state index contributed by atoms with van der Waals surface area (Å²) in [5, 5.41) is 4.80. The molecule has 0 saturated heterocycles. The lowest BCUT2D eigenvalue weighted by Gasteiger charge is -2.61. The van der Waals surface area contributed by atoms with Crippen LogP contribution in [0.1, 0.15) is 75.6 Å². The van der Waals surface area contributed by atoms with E-state index in [-0.39, 0.29) is 10.8 Å². The molecule has 3 aliphatic rings. The van der Waals surface area contributed by atoms with Gasteiger partial charge in [-0.05, 0) is 130 Å². The highest BCUT2D eigenvalue weighted by molar-refractivity contribution is 6.09. The molecule has 276 valence electrons. The number of nitrogens with zero attached hydrogens (tertiary/aromatic N) is 1. The number of hydrogen-bond acceptors (Lipinski definition) is 2. The number of fused-ring (bicyclic) bond motifs is 6. The standard InChI is InChI=1S/C54H49NO/c1-34-27-39-29-35(2)30-40(28-34)54(39)49-21-9-8-20-47(49)53(3,4)48-26-25-43(33-50(48)54)55(42-24-23-36-13-5-6-14-37(36)31-42)41-16-11-15-38(32-41)44-18-12-19-46-45-17-7-10-22-51(45)56-52(44)46/h5-26,31-35,39-40H,27-30H2,1-4H3/t34?,35?,39-,40-,54?. The summed E-state index contributed by atoms with van der Waals surface area (Å²) >= 11 is 0. The minimum Gasteiger partial charge on any atom is -0.455 e. The second-order valence-corrected chi connectivity index (χ2v) is 18.0. The lowest BCUT2D eigenvalue weighted by molar-refractivity contribution is 0.0233. The number of rotatable bonds is 4. The molecule has 8 aromatic rings. The molecule has 11 rings (SSSR count). The maximum Gasteiger partial charge on any atom is 0.143 e. The van der Waals surface area contributed by atoms with Crippen LogP contribution in [-0.4, -0.2) is 0 Å². The summed E-state index contributed by atoms with van der Waals surface area (Å²) in [5.41, 5.74) is 13.7. The first kappa shape index (κ1) is 33.7. The van der Waals surface area contributed by atoms with E-state index in [1.165, 1.54) is 59.0 Å². The molecule has 0 unspecified atom stereocenters. The van der Waals surface area contributed by atoms with Gasteiger partial charge in [-0.2, -0.15) is 0 Å². The Labute approximate surface area is 330 Å². The number of para-hydroxylation sites is 2. The highest BCUT2D eigenvalue weighted by Crippen LogP contribution is 2.65. The molecule has 3 aliphatic carbocycles. The van der Waals surface area contributed by atoms with Gasteiger partial charge in [-0.1, -0.05) is 137 Å². The Balaban J connectivity index is 1.15. The van der Waals surface area contributed by atoms with Crippen molar-refractivity contribution in [3.63, 3.8) is 0 Å². The fourth-order valence-corrected chi connectivity index (χ4v) is 12.1. The first-order chi connectivity index (χ1) is 27.3. The molecule has 0 atom stereocenters. The first-order valence-corrected chi connectivity index (χ1v) is 20.9. The Hall–Kier alpha value is -5.60. The van der Waals surface area contributed by atoms with Crippen molar-refractivity contribution >= 4 is 49.8 Å². The Morgan fingerprint density at radius 2 is 1.11 bits per heavy atom. The van der Waals surface area contributed by atoms with Crippen molar-refractivity contribution in [3.8, 4) is 11.1 Å². The Bertz CT molecular complexity index is 2790. The van der Waals surface area contributed by atoms with Crippen LogP contribution in [0.4, 0.5) is 17.1 Å². The van der Waals surface area contributed by atoms with Gasteiger partial charge in [-0.25, -0.2) is 0 Å². The van der Waals surface area contributed by atoms with E-state index in [9.17, 15) is 0 Å². The summed E-state index contributed by atoms with van der Waals surface area (Å²) in [4.78, 5) is 2.51. The second-order valence-electron chi connectivity index (χ2n) is 18.0. The molecule has 2 nitrogen and oxygen atoms in total. The summed E-state index contributed by atoms with van der Waals surface area (Å²) in [6.45, 7) is 9.95. The van der Waals surface area contributed by atoms with Crippen LogP contribution in [0, 0.1) is 23.7 Å². The molecular weight excluding hydrogens is 679 g/mol. The first-order valence-electron chi connectivity index (χ1n) is 20.9. The predicted molar refractivity (Wildman–Crippen MR) is 234 cm³/mol. The van der Waals surface area contributed by atoms with Crippen LogP contribution in [0.2, 0.25) is 0 Å². The molecule has 7 aromatic carbocycles. The van der Waals surface area contributed by atoms with E-state index in [1.807, 2.05) is 0 Å². The maximum atomic E-state index is 6.57. The van der Waals surface area contributed by atoms with Crippen LogP contribution >= 0.6 is 0 Å². The van der Waals surface area contributed by atoms with Gasteiger partial charge in [0.15, 0.2) is 0 Å². The zero-order valence-corrected chi connectivity index (χ0v) is 32.9. The average molecular weight is 728 g/mol. The fraction of sp³-hybridized carbons (Fsp3) is 0.259. The smallest absolute Gasteiger partial charge is 0.143 e. The second kappa shape index (κ2) is 12.5. The molecule has 1 spiro atoms. The molecule has 2 saturated carbocycles.